The Labute approximate surface area is 172 Å². The van der Waals surface area contributed by atoms with Gasteiger partial charge in [0.1, 0.15) is 17.3 Å². The van der Waals surface area contributed by atoms with E-state index < -0.39 is 0 Å². The van der Waals surface area contributed by atoms with Crippen LogP contribution >= 0.6 is 0 Å². The van der Waals surface area contributed by atoms with E-state index in [1.165, 1.54) is 17.2 Å². The maximum Gasteiger partial charge on any atom is 0.255 e. The summed E-state index contributed by atoms with van der Waals surface area (Å²) < 4.78 is 14.9. The highest BCUT2D eigenvalue weighted by atomic mass is 19.1. The molecule has 1 amide bonds. The van der Waals surface area contributed by atoms with Crippen molar-refractivity contribution in [2.45, 2.75) is 19.9 Å². The third-order valence-corrected chi connectivity index (χ3v) is 4.79. The molecule has 1 atom stereocenters. The van der Waals surface area contributed by atoms with Crippen LogP contribution in [0.2, 0.25) is 0 Å². The molecule has 0 radical (unpaired) electrons. The van der Waals surface area contributed by atoms with E-state index in [9.17, 15) is 9.18 Å². The van der Waals surface area contributed by atoms with Gasteiger partial charge in [-0.2, -0.15) is 5.10 Å². The number of fused-ring (bicyclic) bond motifs is 1. The second-order valence-electron chi connectivity index (χ2n) is 7.36. The van der Waals surface area contributed by atoms with E-state index in [2.05, 4.69) is 20.5 Å². The molecule has 0 bridgehead atoms. The predicted octanol–water partition coefficient (Wildman–Crippen LogP) is 3.47. The van der Waals surface area contributed by atoms with Crippen molar-refractivity contribution in [1.29, 1.82) is 0 Å². The summed E-state index contributed by atoms with van der Waals surface area (Å²) in [4.78, 5) is 23.1. The van der Waals surface area contributed by atoms with Crippen LogP contribution < -0.4 is 5.32 Å². The minimum absolute atomic E-state index is 0.114. The summed E-state index contributed by atoms with van der Waals surface area (Å²) in [6.07, 6.45) is 2.94. The first kappa shape index (κ1) is 19.6. The van der Waals surface area contributed by atoms with E-state index in [0.29, 0.717) is 28.5 Å². The molecule has 0 spiro atoms. The number of nitrogens with zero attached hydrogens (tertiary/aromatic N) is 5. The molecular weight excluding hydrogens is 385 g/mol. The monoisotopic (exact) mass is 407 g/mol. The molecule has 0 fully saturated rings. The van der Waals surface area contributed by atoms with Gasteiger partial charge in [0.05, 0.1) is 23.5 Å². The number of carbonyl (C=O) groups excluding carboxylic acids is 1. The number of nitrogens with one attached hydrogen (secondary N) is 2. The summed E-state index contributed by atoms with van der Waals surface area (Å²) in [5.74, 6) is 0.762. The Balaban J connectivity index is 1.76. The van der Waals surface area contributed by atoms with Crippen LogP contribution in [0, 0.1) is 12.7 Å². The van der Waals surface area contributed by atoms with Gasteiger partial charge in [0, 0.05) is 37.4 Å². The number of aryl methyl sites for hydroxylation is 1. The smallest absolute Gasteiger partial charge is 0.255 e. The molecule has 9 heteroatoms. The quantitative estimate of drug-likeness (QED) is 0.529. The number of halogens is 1. The average Bonchev–Trinajstić information content (AvgIpc) is 3.31. The lowest BCUT2D eigenvalue weighted by molar-refractivity contribution is 0.0829. The third kappa shape index (κ3) is 3.61. The van der Waals surface area contributed by atoms with Crippen molar-refractivity contribution in [3.63, 3.8) is 0 Å². The number of carbonyl (C=O) groups is 1. The molecule has 0 aliphatic rings. The minimum Gasteiger partial charge on any atom is -0.362 e. The van der Waals surface area contributed by atoms with Gasteiger partial charge in [-0.1, -0.05) is 0 Å². The van der Waals surface area contributed by atoms with Crippen LogP contribution in [0.1, 0.15) is 34.7 Å². The molecule has 0 saturated carbocycles. The summed E-state index contributed by atoms with van der Waals surface area (Å²) in [5, 5.41) is 11.2. The maximum absolute atomic E-state index is 13.1. The first-order valence-corrected chi connectivity index (χ1v) is 9.47. The van der Waals surface area contributed by atoms with E-state index in [1.807, 2.05) is 32.0 Å². The highest BCUT2D eigenvalue weighted by Crippen LogP contribution is 2.27. The van der Waals surface area contributed by atoms with Crippen molar-refractivity contribution in [2.75, 3.05) is 19.4 Å². The van der Waals surface area contributed by atoms with Gasteiger partial charge in [0.15, 0.2) is 5.82 Å². The summed E-state index contributed by atoms with van der Waals surface area (Å²) in [6, 6.07) is 8.39. The number of anilines is 1. The molecule has 4 aromatic rings. The van der Waals surface area contributed by atoms with E-state index >= 15 is 0 Å². The number of aromatic amines is 1. The van der Waals surface area contributed by atoms with Gasteiger partial charge in [-0.3, -0.25) is 19.4 Å². The molecule has 0 aromatic carbocycles. The molecule has 30 heavy (non-hydrogen) atoms. The zero-order valence-corrected chi connectivity index (χ0v) is 17.1. The molecule has 0 unspecified atom stereocenters. The highest BCUT2D eigenvalue weighted by Gasteiger charge is 2.20. The zero-order valence-electron chi connectivity index (χ0n) is 17.1. The van der Waals surface area contributed by atoms with E-state index in [0.717, 1.165) is 11.1 Å². The largest absolute Gasteiger partial charge is 0.362 e. The molecule has 0 saturated heterocycles. The lowest BCUT2D eigenvalue weighted by atomic mass is 10.2. The fraction of sp³-hybridized carbons (Fsp3) is 0.238. The lowest BCUT2D eigenvalue weighted by Crippen LogP contribution is -2.21. The van der Waals surface area contributed by atoms with Crippen molar-refractivity contribution in [2.24, 2.45) is 0 Å². The number of aromatic nitrogens is 5. The van der Waals surface area contributed by atoms with Crippen LogP contribution in [0.4, 0.5) is 10.2 Å². The molecule has 4 rings (SSSR count). The number of hydrogen-bond donors (Lipinski definition) is 2. The van der Waals surface area contributed by atoms with Crippen LogP contribution in [0.3, 0.4) is 0 Å². The Morgan fingerprint density at radius 1 is 1.27 bits per heavy atom. The number of amides is 1. The molecular formula is C21H22FN7O. The Morgan fingerprint density at radius 2 is 2.07 bits per heavy atom. The van der Waals surface area contributed by atoms with Crippen molar-refractivity contribution in [3.8, 4) is 5.82 Å². The SMILES string of the molecule is Cc1cc(-n2cc(C(=O)N(C)C)c3ccc(N[C@@H](C)c4ccc(F)cn4)nc32)n[nH]1. The first-order chi connectivity index (χ1) is 14.3. The number of hydrogen-bond acceptors (Lipinski definition) is 5. The fourth-order valence-electron chi connectivity index (χ4n) is 3.23. The van der Waals surface area contributed by atoms with Crippen molar-refractivity contribution in [3.05, 3.63) is 65.5 Å². The Hall–Kier alpha value is -3.75. The number of pyridine rings is 2. The van der Waals surface area contributed by atoms with E-state index in [1.54, 1.807) is 30.9 Å². The van der Waals surface area contributed by atoms with E-state index in [-0.39, 0.29) is 17.8 Å². The molecule has 4 aromatic heterocycles. The molecule has 0 aliphatic heterocycles. The minimum atomic E-state index is -0.379. The summed E-state index contributed by atoms with van der Waals surface area (Å²) in [7, 11) is 3.43. The Morgan fingerprint density at radius 3 is 2.70 bits per heavy atom. The number of H-pyrrole nitrogens is 1. The van der Waals surface area contributed by atoms with Crippen LogP contribution in [0.15, 0.2) is 42.7 Å². The van der Waals surface area contributed by atoms with Crippen molar-refractivity contribution < 1.29 is 9.18 Å². The van der Waals surface area contributed by atoms with Crippen LogP contribution in [-0.2, 0) is 0 Å². The summed E-state index contributed by atoms with van der Waals surface area (Å²) >= 11 is 0. The third-order valence-electron chi connectivity index (χ3n) is 4.79. The van der Waals surface area contributed by atoms with Crippen molar-refractivity contribution in [1.82, 2.24) is 29.6 Å². The maximum atomic E-state index is 13.1. The van der Waals surface area contributed by atoms with Gasteiger partial charge >= 0.3 is 0 Å². The number of rotatable bonds is 5. The second kappa shape index (κ2) is 7.58. The Bertz CT molecular complexity index is 1210. The summed E-state index contributed by atoms with van der Waals surface area (Å²) in [6.45, 7) is 3.83. The average molecular weight is 407 g/mol. The molecule has 0 aliphatic carbocycles. The zero-order chi connectivity index (χ0) is 21.4. The molecule has 4 heterocycles. The molecule has 154 valence electrons. The Kier molecular flexibility index (Phi) is 4.94. The lowest BCUT2D eigenvalue weighted by Gasteiger charge is -2.14. The van der Waals surface area contributed by atoms with Crippen LogP contribution in [-0.4, -0.2) is 49.6 Å². The normalized spacial score (nSPS) is 12.2. The van der Waals surface area contributed by atoms with Crippen LogP contribution in [0.25, 0.3) is 16.9 Å². The molecule has 2 N–H and O–H groups in total. The van der Waals surface area contributed by atoms with E-state index in [4.69, 9.17) is 4.98 Å². The topological polar surface area (TPSA) is 91.7 Å². The van der Waals surface area contributed by atoms with Gasteiger partial charge in [-0.25, -0.2) is 9.37 Å². The molecule has 8 nitrogen and oxygen atoms in total. The fourth-order valence-corrected chi connectivity index (χ4v) is 3.23. The highest BCUT2D eigenvalue weighted by molar-refractivity contribution is 6.06. The van der Waals surface area contributed by atoms with Gasteiger partial charge in [-0.15, -0.1) is 0 Å². The van der Waals surface area contributed by atoms with Gasteiger partial charge in [0.25, 0.3) is 5.91 Å². The van der Waals surface area contributed by atoms with Gasteiger partial charge in [0.2, 0.25) is 0 Å². The second-order valence-corrected chi connectivity index (χ2v) is 7.36. The first-order valence-electron chi connectivity index (χ1n) is 9.47. The van der Waals surface area contributed by atoms with Gasteiger partial charge in [-0.05, 0) is 38.1 Å². The summed E-state index contributed by atoms with van der Waals surface area (Å²) in [5.41, 5.74) is 2.75. The van der Waals surface area contributed by atoms with Gasteiger partial charge < -0.3 is 10.2 Å². The van der Waals surface area contributed by atoms with Crippen LogP contribution in [0.5, 0.6) is 0 Å². The standard InChI is InChI=1S/C21H22FN7O/c1-12-9-19(27-26-12)29-11-16(21(30)28(3)4)15-6-8-18(25-20(15)29)24-13(2)17-7-5-14(22)10-23-17/h5-11,13H,1-4H3,(H,24,25)(H,26,27)/t13-/m0/s1. The van der Waals surface area contributed by atoms with Crippen molar-refractivity contribution >= 4 is 22.8 Å². The predicted molar refractivity (Wildman–Crippen MR) is 112 cm³/mol.